The standard InChI is InChI=1S/C19H19FN6S/c1-13(2)10-26-17(15-6-3-4-7-16(15)20)23-24-19(26)27-12-14-11-25-9-5-8-21-18(25)22-14/h3-9,11,13H,10,12H2,1-2H3. The Morgan fingerprint density at radius 1 is 1.15 bits per heavy atom. The third-order valence-electron chi connectivity index (χ3n) is 4.01. The minimum atomic E-state index is -0.294. The molecule has 0 amide bonds. The summed E-state index contributed by atoms with van der Waals surface area (Å²) < 4.78 is 18.1. The van der Waals surface area contributed by atoms with Crippen LogP contribution in [0.1, 0.15) is 19.5 Å². The van der Waals surface area contributed by atoms with Crippen LogP contribution in [0.3, 0.4) is 0 Å². The average molecular weight is 382 g/mol. The first-order valence-electron chi connectivity index (χ1n) is 8.71. The van der Waals surface area contributed by atoms with Gasteiger partial charge in [0.2, 0.25) is 5.78 Å². The number of aromatic nitrogens is 6. The highest BCUT2D eigenvalue weighted by atomic mass is 32.2. The number of imidazole rings is 1. The molecule has 8 heteroatoms. The molecule has 1 aromatic carbocycles. The van der Waals surface area contributed by atoms with Crippen LogP contribution in [0.5, 0.6) is 0 Å². The molecule has 0 aliphatic rings. The molecule has 0 spiro atoms. The van der Waals surface area contributed by atoms with Gasteiger partial charge in [0.15, 0.2) is 11.0 Å². The second-order valence-electron chi connectivity index (χ2n) is 6.64. The predicted octanol–water partition coefficient (Wildman–Crippen LogP) is 4.08. The Bertz CT molecular complexity index is 1040. The molecule has 0 bridgehead atoms. The molecule has 0 radical (unpaired) electrons. The third-order valence-corrected chi connectivity index (χ3v) is 5.01. The van der Waals surface area contributed by atoms with Crippen LogP contribution < -0.4 is 0 Å². The first-order chi connectivity index (χ1) is 13.1. The minimum absolute atomic E-state index is 0.294. The van der Waals surface area contributed by atoms with Crippen LogP contribution in [0.25, 0.3) is 17.2 Å². The van der Waals surface area contributed by atoms with Gasteiger partial charge in [0.05, 0.1) is 11.3 Å². The van der Waals surface area contributed by atoms with Crippen molar-refractivity contribution in [3.63, 3.8) is 0 Å². The van der Waals surface area contributed by atoms with E-state index in [1.807, 2.05) is 33.5 Å². The van der Waals surface area contributed by atoms with E-state index in [0.29, 0.717) is 35.4 Å². The van der Waals surface area contributed by atoms with Crippen molar-refractivity contribution >= 4 is 17.5 Å². The minimum Gasteiger partial charge on any atom is -0.302 e. The molecule has 0 saturated heterocycles. The van der Waals surface area contributed by atoms with Crippen molar-refractivity contribution in [2.75, 3.05) is 0 Å². The van der Waals surface area contributed by atoms with Crippen LogP contribution in [0.15, 0.2) is 54.1 Å². The maximum absolute atomic E-state index is 14.3. The van der Waals surface area contributed by atoms with Gasteiger partial charge in [-0.1, -0.05) is 37.7 Å². The summed E-state index contributed by atoms with van der Waals surface area (Å²) in [5, 5.41) is 9.34. The quantitative estimate of drug-likeness (QED) is 0.470. The fourth-order valence-electron chi connectivity index (χ4n) is 2.85. The topological polar surface area (TPSA) is 60.9 Å². The Morgan fingerprint density at radius 3 is 2.78 bits per heavy atom. The number of fused-ring (bicyclic) bond motifs is 1. The molecule has 3 aromatic heterocycles. The maximum Gasteiger partial charge on any atom is 0.233 e. The highest BCUT2D eigenvalue weighted by Gasteiger charge is 2.18. The van der Waals surface area contributed by atoms with Crippen molar-refractivity contribution in [1.29, 1.82) is 0 Å². The van der Waals surface area contributed by atoms with Crippen molar-refractivity contribution in [3.05, 3.63) is 60.4 Å². The molecule has 0 N–H and O–H groups in total. The van der Waals surface area contributed by atoms with Crippen LogP contribution >= 0.6 is 11.8 Å². The van der Waals surface area contributed by atoms with Gasteiger partial charge in [-0.3, -0.25) is 4.40 Å². The van der Waals surface area contributed by atoms with Crippen molar-refractivity contribution in [2.24, 2.45) is 5.92 Å². The fraction of sp³-hybridized carbons (Fsp3) is 0.263. The van der Waals surface area contributed by atoms with Gasteiger partial charge in [0, 0.05) is 30.9 Å². The second-order valence-corrected chi connectivity index (χ2v) is 7.58. The van der Waals surface area contributed by atoms with E-state index in [2.05, 4.69) is 34.0 Å². The Morgan fingerprint density at radius 2 is 2.00 bits per heavy atom. The summed E-state index contributed by atoms with van der Waals surface area (Å²) >= 11 is 1.54. The van der Waals surface area contributed by atoms with Gasteiger partial charge in [0.25, 0.3) is 0 Å². The van der Waals surface area contributed by atoms with Crippen LogP contribution in [0.4, 0.5) is 4.39 Å². The lowest BCUT2D eigenvalue weighted by Gasteiger charge is -2.12. The highest BCUT2D eigenvalue weighted by molar-refractivity contribution is 7.98. The lowest BCUT2D eigenvalue weighted by molar-refractivity contribution is 0.496. The van der Waals surface area contributed by atoms with E-state index < -0.39 is 0 Å². The molecule has 4 aromatic rings. The molecule has 27 heavy (non-hydrogen) atoms. The molecular formula is C19H19FN6S. The van der Waals surface area contributed by atoms with Crippen molar-refractivity contribution in [1.82, 2.24) is 29.1 Å². The normalized spacial score (nSPS) is 11.6. The van der Waals surface area contributed by atoms with E-state index in [1.165, 1.54) is 6.07 Å². The number of benzene rings is 1. The zero-order valence-corrected chi connectivity index (χ0v) is 15.9. The van der Waals surface area contributed by atoms with Gasteiger partial charge in [-0.2, -0.15) is 0 Å². The van der Waals surface area contributed by atoms with Crippen LogP contribution in [0, 0.1) is 11.7 Å². The summed E-state index contributed by atoms with van der Waals surface area (Å²) in [6.45, 7) is 4.95. The Hall–Kier alpha value is -2.74. The number of nitrogens with zero attached hydrogens (tertiary/aromatic N) is 6. The zero-order valence-electron chi connectivity index (χ0n) is 15.1. The SMILES string of the molecule is CC(C)Cn1c(SCc2cn3cccnc3n2)nnc1-c1ccccc1F. The lowest BCUT2D eigenvalue weighted by Crippen LogP contribution is -2.08. The zero-order chi connectivity index (χ0) is 18.8. The van der Waals surface area contributed by atoms with Crippen LogP contribution in [-0.2, 0) is 12.3 Å². The third kappa shape index (κ3) is 3.71. The monoisotopic (exact) mass is 382 g/mol. The lowest BCUT2D eigenvalue weighted by atomic mass is 10.2. The van der Waals surface area contributed by atoms with Crippen molar-refractivity contribution in [3.8, 4) is 11.4 Å². The molecule has 0 aliphatic carbocycles. The van der Waals surface area contributed by atoms with E-state index in [4.69, 9.17) is 0 Å². The van der Waals surface area contributed by atoms with Gasteiger partial charge in [-0.25, -0.2) is 14.4 Å². The fourth-order valence-corrected chi connectivity index (χ4v) is 3.69. The van der Waals surface area contributed by atoms with Crippen LogP contribution in [-0.4, -0.2) is 29.1 Å². The summed E-state index contributed by atoms with van der Waals surface area (Å²) in [7, 11) is 0. The summed E-state index contributed by atoms with van der Waals surface area (Å²) in [5.74, 6) is 1.95. The van der Waals surface area contributed by atoms with Gasteiger partial charge >= 0.3 is 0 Å². The first kappa shape index (κ1) is 17.7. The van der Waals surface area contributed by atoms with E-state index in [9.17, 15) is 4.39 Å². The molecule has 0 atom stereocenters. The largest absolute Gasteiger partial charge is 0.302 e. The molecule has 0 unspecified atom stereocenters. The number of thioether (sulfide) groups is 1. The summed E-state index contributed by atoms with van der Waals surface area (Å²) in [5.41, 5.74) is 1.37. The van der Waals surface area contributed by atoms with E-state index in [0.717, 1.165) is 10.9 Å². The number of hydrogen-bond acceptors (Lipinski definition) is 5. The molecular weight excluding hydrogens is 363 g/mol. The van der Waals surface area contributed by atoms with Gasteiger partial charge in [-0.05, 0) is 24.1 Å². The summed E-state index contributed by atoms with van der Waals surface area (Å²) in [6, 6.07) is 8.53. The van der Waals surface area contributed by atoms with Gasteiger partial charge in [-0.15, -0.1) is 10.2 Å². The van der Waals surface area contributed by atoms with Gasteiger partial charge < -0.3 is 4.57 Å². The highest BCUT2D eigenvalue weighted by Crippen LogP contribution is 2.28. The molecule has 0 aliphatic heterocycles. The van der Waals surface area contributed by atoms with Crippen molar-refractivity contribution in [2.45, 2.75) is 31.3 Å². The Labute approximate surface area is 160 Å². The Kier molecular flexibility index (Phi) is 4.89. The molecule has 0 fully saturated rings. The number of halogens is 1. The first-order valence-corrected chi connectivity index (χ1v) is 9.70. The average Bonchev–Trinajstić information content (AvgIpc) is 3.23. The maximum atomic E-state index is 14.3. The number of hydrogen-bond donors (Lipinski definition) is 0. The van der Waals surface area contributed by atoms with E-state index in [-0.39, 0.29) is 5.82 Å². The molecule has 0 saturated carbocycles. The smallest absolute Gasteiger partial charge is 0.233 e. The van der Waals surface area contributed by atoms with E-state index in [1.54, 1.807) is 30.1 Å². The van der Waals surface area contributed by atoms with E-state index >= 15 is 0 Å². The van der Waals surface area contributed by atoms with Gasteiger partial charge in [0.1, 0.15) is 5.82 Å². The number of rotatable bonds is 6. The molecule has 3 heterocycles. The van der Waals surface area contributed by atoms with Crippen molar-refractivity contribution < 1.29 is 4.39 Å². The molecule has 138 valence electrons. The predicted molar refractivity (Wildman–Crippen MR) is 103 cm³/mol. The second kappa shape index (κ2) is 7.48. The molecule has 4 rings (SSSR count). The van der Waals surface area contributed by atoms with Crippen LogP contribution in [0.2, 0.25) is 0 Å². The summed E-state index contributed by atoms with van der Waals surface area (Å²) in [6.07, 6.45) is 5.59. The molecule has 6 nitrogen and oxygen atoms in total. The summed E-state index contributed by atoms with van der Waals surface area (Å²) in [4.78, 5) is 8.75. The Balaban J connectivity index is 1.63.